The highest BCUT2D eigenvalue weighted by Gasteiger charge is 2.38. The smallest absolute Gasteiger partial charge is 0.327 e. The van der Waals surface area contributed by atoms with E-state index in [9.17, 15) is 13.2 Å². The Labute approximate surface area is 101 Å². The number of rotatable bonds is 2. The van der Waals surface area contributed by atoms with Gasteiger partial charge < -0.3 is 9.47 Å². The van der Waals surface area contributed by atoms with E-state index in [-0.39, 0.29) is 19.8 Å². The summed E-state index contributed by atoms with van der Waals surface area (Å²) in [6.07, 6.45) is 0. The molecule has 0 radical (unpaired) electrons. The Bertz CT molecular complexity index is 387. The summed E-state index contributed by atoms with van der Waals surface area (Å²) in [5.74, 6) is -0.647. The number of nitrogens with two attached hydrogens (primary N) is 1. The molecule has 1 aliphatic heterocycles. The van der Waals surface area contributed by atoms with Gasteiger partial charge in [0.25, 0.3) is 10.2 Å². The predicted molar refractivity (Wildman–Crippen MR) is 60.3 cm³/mol. The highest BCUT2D eigenvalue weighted by molar-refractivity contribution is 7.86. The lowest BCUT2D eigenvalue weighted by Gasteiger charge is -2.33. The van der Waals surface area contributed by atoms with Gasteiger partial charge >= 0.3 is 5.97 Å². The van der Waals surface area contributed by atoms with Crippen molar-refractivity contribution in [3.05, 3.63) is 0 Å². The number of carbonyl (C=O) groups is 1. The molecule has 0 aromatic heterocycles. The summed E-state index contributed by atoms with van der Waals surface area (Å²) in [4.78, 5) is 11.8. The van der Waals surface area contributed by atoms with Crippen molar-refractivity contribution in [2.75, 3.05) is 19.8 Å². The molecule has 1 aliphatic rings. The summed E-state index contributed by atoms with van der Waals surface area (Å²) in [6.45, 7) is 5.35. The van der Waals surface area contributed by atoms with Crippen LogP contribution in [0.5, 0.6) is 0 Å². The summed E-state index contributed by atoms with van der Waals surface area (Å²) in [5.41, 5.74) is -0.682. The summed E-state index contributed by atoms with van der Waals surface area (Å²) < 4.78 is 33.7. The molecule has 17 heavy (non-hydrogen) atoms. The first-order valence-electron chi connectivity index (χ1n) is 5.21. The van der Waals surface area contributed by atoms with Gasteiger partial charge in [-0.2, -0.15) is 12.7 Å². The standard InChI is InChI=1S/C9H18N2O5S/c1-9(2,3)16-8(12)7-6-15-5-4-11(7)17(10,13)14/h7H,4-6H2,1-3H3,(H2,10,13,14). The molecule has 1 heterocycles. The average Bonchev–Trinajstić information content (AvgIpc) is 2.13. The van der Waals surface area contributed by atoms with Crippen LogP contribution >= 0.6 is 0 Å². The van der Waals surface area contributed by atoms with Crippen LogP contribution < -0.4 is 5.14 Å². The summed E-state index contributed by atoms with van der Waals surface area (Å²) in [5, 5.41) is 5.04. The van der Waals surface area contributed by atoms with E-state index >= 15 is 0 Å². The zero-order chi connectivity index (χ0) is 13.3. The quantitative estimate of drug-likeness (QED) is 0.662. The molecule has 7 nitrogen and oxygen atoms in total. The zero-order valence-electron chi connectivity index (χ0n) is 10.2. The molecule has 1 rings (SSSR count). The number of hydrogen-bond acceptors (Lipinski definition) is 5. The Morgan fingerprint density at radius 1 is 1.47 bits per heavy atom. The fourth-order valence-corrected chi connectivity index (χ4v) is 2.28. The fraction of sp³-hybridized carbons (Fsp3) is 0.889. The largest absolute Gasteiger partial charge is 0.459 e. The predicted octanol–water partition coefficient (Wildman–Crippen LogP) is -0.768. The zero-order valence-corrected chi connectivity index (χ0v) is 11.0. The van der Waals surface area contributed by atoms with E-state index in [0.717, 1.165) is 4.31 Å². The molecular weight excluding hydrogens is 248 g/mol. The van der Waals surface area contributed by atoms with E-state index in [4.69, 9.17) is 14.6 Å². The number of esters is 1. The van der Waals surface area contributed by atoms with Crippen LogP contribution in [0.1, 0.15) is 20.8 Å². The Morgan fingerprint density at radius 2 is 2.06 bits per heavy atom. The van der Waals surface area contributed by atoms with Crippen LogP contribution in [-0.2, 0) is 24.5 Å². The first-order valence-corrected chi connectivity index (χ1v) is 6.72. The second-order valence-electron chi connectivity index (χ2n) is 4.78. The lowest BCUT2D eigenvalue weighted by atomic mass is 10.2. The average molecular weight is 266 g/mol. The van der Waals surface area contributed by atoms with Gasteiger partial charge in [0.1, 0.15) is 11.6 Å². The van der Waals surface area contributed by atoms with Gasteiger partial charge in [-0.1, -0.05) is 0 Å². The Kier molecular flexibility index (Phi) is 4.13. The minimum absolute atomic E-state index is 0.0364. The van der Waals surface area contributed by atoms with Gasteiger partial charge in [-0.3, -0.25) is 4.79 Å². The number of nitrogens with zero attached hydrogens (tertiary/aromatic N) is 1. The van der Waals surface area contributed by atoms with Crippen molar-refractivity contribution < 1.29 is 22.7 Å². The molecular formula is C9H18N2O5S. The van der Waals surface area contributed by atoms with Crippen LogP contribution in [0.3, 0.4) is 0 Å². The molecule has 1 saturated heterocycles. The molecule has 8 heteroatoms. The van der Waals surface area contributed by atoms with Crippen molar-refractivity contribution in [2.45, 2.75) is 32.4 Å². The van der Waals surface area contributed by atoms with E-state index in [0.29, 0.717) is 0 Å². The number of morpholine rings is 1. The molecule has 0 saturated carbocycles. The van der Waals surface area contributed by atoms with E-state index in [1.54, 1.807) is 20.8 Å². The summed E-state index contributed by atoms with van der Waals surface area (Å²) in [6, 6.07) is -1.00. The molecule has 1 atom stereocenters. The topological polar surface area (TPSA) is 98.9 Å². The maximum atomic E-state index is 11.8. The van der Waals surface area contributed by atoms with Gasteiger partial charge in [-0.15, -0.1) is 0 Å². The third-order valence-electron chi connectivity index (χ3n) is 2.09. The first kappa shape index (κ1) is 14.4. The van der Waals surface area contributed by atoms with Crippen LogP contribution in [0.25, 0.3) is 0 Å². The van der Waals surface area contributed by atoms with Crippen molar-refractivity contribution in [1.82, 2.24) is 4.31 Å². The molecule has 0 aromatic carbocycles. The van der Waals surface area contributed by atoms with Crippen molar-refractivity contribution in [3.63, 3.8) is 0 Å². The SMILES string of the molecule is CC(C)(C)OC(=O)C1COCCN1S(N)(=O)=O. The fourth-order valence-electron chi connectivity index (χ4n) is 1.45. The van der Waals surface area contributed by atoms with E-state index in [1.807, 2.05) is 0 Å². The second-order valence-corrected chi connectivity index (χ2v) is 6.28. The molecule has 0 bridgehead atoms. The van der Waals surface area contributed by atoms with Gasteiger partial charge in [0.05, 0.1) is 13.2 Å². The Morgan fingerprint density at radius 3 is 2.53 bits per heavy atom. The van der Waals surface area contributed by atoms with E-state index < -0.39 is 27.8 Å². The normalized spacial score (nSPS) is 23.4. The summed E-state index contributed by atoms with van der Waals surface area (Å²) >= 11 is 0. The highest BCUT2D eigenvalue weighted by Crippen LogP contribution is 2.15. The third-order valence-corrected chi connectivity index (χ3v) is 3.18. The summed E-state index contributed by atoms with van der Waals surface area (Å²) in [7, 11) is -3.92. The van der Waals surface area contributed by atoms with Crippen LogP contribution in [0, 0.1) is 0 Å². The molecule has 0 aromatic rings. The van der Waals surface area contributed by atoms with Crippen LogP contribution in [0.15, 0.2) is 0 Å². The first-order chi connectivity index (χ1) is 7.61. The van der Waals surface area contributed by atoms with Gasteiger partial charge in [0.2, 0.25) is 0 Å². The molecule has 1 fully saturated rings. The van der Waals surface area contributed by atoms with Crippen LogP contribution in [-0.4, -0.2) is 50.1 Å². The lowest BCUT2D eigenvalue weighted by molar-refractivity contribution is -0.164. The van der Waals surface area contributed by atoms with E-state index in [1.165, 1.54) is 0 Å². The Hall–Kier alpha value is -0.700. The highest BCUT2D eigenvalue weighted by atomic mass is 32.2. The van der Waals surface area contributed by atoms with Gasteiger partial charge in [-0.25, -0.2) is 5.14 Å². The number of hydrogen-bond donors (Lipinski definition) is 1. The van der Waals surface area contributed by atoms with E-state index in [2.05, 4.69) is 0 Å². The van der Waals surface area contributed by atoms with Crippen molar-refractivity contribution in [1.29, 1.82) is 0 Å². The molecule has 0 aliphatic carbocycles. The van der Waals surface area contributed by atoms with Gasteiger partial charge in [-0.05, 0) is 20.8 Å². The third kappa shape index (κ3) is 4.23. The van der Waals surface area contributed by atoms with Crippen molar-refractivity contribution in [3.8, 4) is 0 Å². The molecule has 2 N–H and O–H groups in total. The van der Waals surface area contributed by atoms with Gasteiger partial charge in [0.15, 0.2) is 0 Å². The number of carbonyl (C=O) groups excluding carboxylic acids is 1. The van der Waals surface area contributed by atoms with Crippen LogP contribution in [0.2, 0.25) is 0 Å². The second kappa shape index (κ2) is 4.89. The Balaban J connectivity index is 2.82. The molecule has 0 amide bonds. The maximum Gasteiger partial charge on any atom is 0.327 e. The number of ether oxygens (including phenoxy) is 2. The lowest BCUT2D eigenvalue weighted by Crippen LogP contribution is -2.55. The molecule has 1 unspecified atom stereocenters. The van der Waals surface area contributed by atoms with Crippen LogP contribution in [0.4, 0.5) is 0 Å². The molecule has 0 spiro atoms. The minimum Gasteiger partial charge on any atom is -0.459 e. The van der Waals surface area contributed by atoms with Gasteiger partial charge in [0, 0.05) is 6.54 Å². The minimum atomic E-state index is -3.92. The monoisotopic (exact) mass is 266 g/mol. The van der Waals surface area contributed by atoms with Crippen molar-refractivity contribution in [2.24, 2.45) is 5.14 Å². The molecule has 100 valence electrons. The maximum absolute atomic E-state index is 11.8. The van der Waals surface area contributed by atoms with Crippen molar-refractivity contribution >= 4 is 16.2 Å².